The van der Waals surface area contributed by atoms with Crippen molar-refractivity contribution in [3.8, 4) is 11.3 Å². The second-order valence-electron chi connectivity index (χ2n) is 19.3. The zero-order valence-electron chi connectivity index (χ0n) is 40.2. The molecule has 5 aromatic rings. The van der Waals surface area contributed by atoms with Gasteiger partial charge in [0.15, 0.2) is 0 Å². The van der Waals surface area contributed by atoms with Crippen molar-refractivity contribution >= 4 is 75.7 Å². The number of amides is 7. The van der Waals surface area contributed by atoms with E-state index in [0.717, 1.165) is 59.3 Å². The smallest absolute Gasteiger partial charge is 0.383 e. The number of anilines is 3. The molecule has 2 saturated heterocycles. The zero-order chi connectivity index (χ0) is 51.8. The summed E-state index contributed by atoms with van der Waals surface area (Å²) in [7, 11) is 0. The second kappa shape index (κ2) is 20.5. The maximum Gasteiger partial charge on any atom is 0.416 e. The molecule has 3 aromatic heterocycles. The summed E-state index contributed by atoms with van der Waals surface area (Å²) in [4.78, 5) is 107. The quantitative estimate of drug-likeness (QED) is 0.147. The number of rotatable bonds is 8. The fourth-order valence-electron chi connectivity index (χ4n) is 10.6. The van der Waals surface area contributed by atoms with E-state index in [9.17, 15) is 46.7 Å². The highest BCUT2D eigenvalue weighted by Gasteiger charge is 2.45. The lowest BCUT2D eigenvalue weighted by Crippen LogP contribution is -2.54. The number of alkyl halides is 3. The van der Waals surface area contributed by atoms with Gasteiger partial charge in [0.2, 0.25) is 23.6 Å². The normalized spacial score (nSPS) is 21.4. The third-order valence-electron chi connectivity index (χ3n) is 14.5. The molecule has 0 spiro atoms. The molecule has 74 heavy (non-hydrogen) atoms. The Morgan fingerprint density at radius 3 is 2.41 bits per heavy atom. The Bertz CT molecular complexity index is 3110. The van der Waals surface area contributed by atoms with Crippen LogP contribution in [0.25, 0.3) is 28.2 Å². The molecule has 1 saturated carbocycles. The van der Waals surface area contributed by atoms with Gasteiger partial charge in [-0.05, 0) is 87.4 Å². The van der Waals surface area contributed by atoms with Crippen molar-refractivity contribution in [2.75, 3.05) is 61.8 Å². The Morgan fingerprint density at radius 2 is 1.64 bits per heavy atom. The number of hydrogen-bond donors (Lipinski definition) is 4. The number of nitrogens with one attached hydrogen (secondary N) is 3. The molecule has 7 heterocycles. The van der Waals surface area contributed by atoms with Crippen LogP contribution in [-0.4, -0.2) is 134 Å². The van der Waals surface area contributed by atoms with Crippen molar-refractivity contribution in [1.82, 2.24) is 45.1 Å². The van der Waals surface area contributed by atoms with Crippen molar-refractivity contribution in [1.29, 1.82) is 0 Å². The summed E-state index contributed by atoms with van der Waals surface area (Å²) < 4.78 is 41.8. The standard InChI is InChI=1S/C52H53F3N12O7/c53-52(54,55)33-16-18-57-40(25-33)60-48(71)31-10-8-30(9-11-31)45-44-46-32(28-58-47(44)56)5-2-1-3-19-65(29-42(69)59-34-6-4-7-36(26-34)67(46)62-45)43(70)17-20-63-21-23-64(24-22-63)35-12-13-37-38(27-35)51(74)66(50(37)73)39-14-15-41(68)61-49(39)72/h2,5,8-13,16,18,25,27-28,34,36,39H,1,3-4,6-7,14-15,17,19-24,26,29H2,(H2,56,58)(H,59,69)(H,57,60,71)(H,61,68,72)/b5-2+/t34-,36-,39?/m1/s1. The van der Waals surface area contributed by atoms with E-state index in [0.29, 0.717) is 75.2 Å². The van der Waals surface area contributed by atoms with Crippen LogP contribution >= 0.6 is 0 Å². The van der Waals surface area contributed by atoms with Crippen molar-refractivity contribution in [3.05, 3.63) is 101 Å². The minimum atomic E-state index is -4.60. The number of nitrogens with two attached hydrogens (primary N) is 1. The summed E-state index contributed by atoms with van der Waals surface area (Å²) in [5.41, 5.74) is 9.78. The highest BCUT2D eigenvalue weighted by molar-refractivity contribution is 6.23. The molecule has 7 amide bonds. The highest BCUT2D eigenvalue weighted by atomic mass is 19.4. The molecule has 3 fully saturated rings. The van der Waals surface area contributed by atoms with E-state index in [1.54, 1.807) is 53.6 Å². The maximum absolute atomic E-state index is 13.9. The van der Waals surface area contributed by atoms with Gasteiger partial charge in [0.25, 0.3) is 17.7 Å². The first-order chi connectivity index (χ1) is 35.6. The largest absolute Gasteiger partial charge is 0.416 e. The number of fused-ring (bicyclic) bond motifs is 4. The molecule has 19 nitrogen and oxygen atoms in total. The van der Waals surface area contributed by atoms with Gasteiger partial charge < -0.3 is 26.2 Å². The van der Waals surface area contributed by atoms with Gasteiger partial charge in [0, 0.05) is 92.9 Å². The molecule has 2 bridgehead atoms. The maximum atomic E-state index is 13.9. The SMILES string of the molecule is Nc1ncc2c3c1c(-c1ccc(C(=O)Nc4cc(C(F)(F)F)ccn4)cc1)nn3[C@@H]1CCC[C@H](C1)NC(=O)CN(C(=O)CCN1CCN(c3ccc4c(c3)C(=O)N(C3CCC(=O)NC3=O)C4=O)CC1)CCC/C=C/2. The number of aromatic nitrogens is 4. The van der Waals surface area contributed by atoms with Crippen LogP contribution in [0, 0.1) is 0 Å². The molecular weight excluding hydrogens is 962 g/mol. The number of nitrogens with zero attached hydrogens (tertiary/aromatic N) is 8. The van der Waals surface area contributed by atoms with Gasteiger partial charge in [-0.15, -0.1) is 0 Å². The lowest BCUT2D eigenvalue weighted by Gasteiger charge is -2.36. The van der Waals surface area contributed by atoms with Gasteiger partial charge in [-0.25, -0.2) is 9.97 Å². The number of hydrogen-bond acceptors (Lipinski definition) is 13. The lowest BCUT2D eigenvalue weighted by molar-refractivity contribution is -0.138. The predicted molar refractivity (Wildman–Crippen MR) is 265 cm³/mol. The average molecular weight is 1020 g/mol. The minimum absolute atomic E-state index is 0.0399. The first-order valence-electron chi connectivity index (χ1n) is 24.8. The molecular formula is C52H53F3N12O7. The Kier molecular flexibility index (Phi) is 13.7. The van der Waals surface area contributed by atoms with E-state index in [1.165, 1.54) is 0 Å². The van der Waals surface area contributed by atoms with Crippen LogP contribution in [0.3, 0.4) is 0 Å². The molecule has 5 N–H and O–H groups in total. The predicted octanol–water partition coefficient (Wildman–Crippen LogP) is 5.20. The van der Waals surface area contributed by atoms with Gasteiger partial charge in [-0.2, -0.15) is 18.3 Å². The van der Waals surface area contributed by atoms with Crippen LogP contribution in [0.2, 0.25) is 0 Å². The fraction of sp³-hybridized carbons (Fsp3) is 0.385. The summed E-state index contributed by atoms with van der Waals surface area (Å²) in [6, 6.07) is 11.8. The number of halogens is 3. The number of carbonyl (C=O) groups excluding carboxylic acids is 7. The molecule has 1 aliphatic carbocycles. The summed E-state index contributed by atoms with van der Waals surface area (Å²) >= 11 is 0. The fourth-order valence-corrected chi connectivity index (χ4v) is 10.6. The van der Waals surface area contributed by atoms with E-state index < -0.39 is 47.3 Å². The Balaban J connectivity index is 0.786. The Hall–Kier alpha value is -8.01. The number of benzene rings is 2. The number of imide groups is 2. The number of piperidine rings is 1. The lowest BCUT2D eigenvalue weighted by atomic mass is 9.90. The Morgan fingerprint density at radius 1 is 0.851 bits per heavy atom. The topological polar surface area (TPSA) is 238 Å². The van der Waals surface area contributed by atoms with Gasteiger partial charge in [-0.3, -0.25) is 53.4 Å². The van der Waals surface area contributed by atoms with Crippen LogP contribution in [0.15, 0.2) is 73.1 Å². The number of pyridine rings is 2. The van der Waals surface area contributed by atoms with Crippen LogP contribution in [-0.2, 0) is 25.4 Å². The summed E-state index contributed by atoms with van der Waals surface area (Å²) in [5, 5.41) is 13.6. The molecule has 10 rings (SSSR count). The van der Waals surface area contributed by atoms with Crippen LogP contribution in [0.1, 0.15) is 106 Å². The van der Waals surface area contributed by atoms with E-state index in [2.05, 4.69) is 35.7 Å². The minimum Gasteiger partial charge on any atom is -0.383 e. The molecule has 2 aromatic carbocycles. The van der Waals surface area contributed by atoms with Gasteiger partial charge in [0.1, 0.15) is 23.4 Å². The first kappa shape index (κ1) is 49.6. The molecule has 0 radical (unpaired) electrons. The molecule has 4 aliphatic heterocycles. The van der Waals surface area contributed by atoms with Gasteiger partial charge in [-0.1, -0.05) is 24.3 Å². The first-order valence-corrected chi connectivity index (χ1v) is 24.8. The van der Waals surface area contributed by atoms with Crippen molar-refractivity contribution in [2.45, 2.75) is 82.1 Å². The monoisotopic (exact) mass is 1010 g/mol. The number of carbonyl (C=O) groups is 7. The zero-order valence-corrected chi connectivity index (χ0v) is 40.2. The average Bonchev–Trinajstić information content (AvgIpc) is 3.91. The van der Waals surface area contributed by atoms with Gasteiger partial charge >= 0.3 is 6.18 Å². The van der Waals surface area contributed by atoms with Crippen molar-refractivity contribution < 1.29 is 46.7 Å². The summed E-state index contributed by atoms with van der Waals surface area (Å²) in [6.45, 7) is 3.25. The van der Waals surface area contributed by atoms with Crippen molar-refractivity contribution in [3.63, 3.8) is 0 Å². The summed E-state index contributed by atoms with van der Waals surface area (Å²) in [5.74, 6) is -3.21. The second-order valence-corrected chi connectivity index (χ2v) is 19.3. The number of piperazine rings is 1. The van der Waals surface area contributed by atoms with Crippen LogP contribution in [0.4, 0.5) is 30.5 Å². The molecule has 3 atom stereocenters. The van der Waals surface area contributed by atoms with Crippen molar-refractivity contribution in [2.24, 2.45) is 0 Å². The molecule has 1 unspecified atom stereocenters. The van der Waals surface area contributed by atoms with Crippen LogP contribution in [0.5, 0.6) is 0 Å². The Labute approximate surface area is 422 Å². The number of nitrogen functional groups attached to an aromatic ring is 1. The van der Waals surface area contributed by atoms with E-state index in [4.69, 9.17) is 10.8 Å². The van der Waals surface area contributed by atoms with E-state index >= 15 is 0 Å². The molecule has 22 heteroatoms. The van der Waals surface area contributed by atoms with E-state index in [1.807, 2.05) is 16.8 Å². The molecule has 5 aliphatic rings. The third kappa shape index (κ3) is 10.2. The third-order valence-corrected chi connectivity index (χ3v) is 14.5. The highest BCUT2D eigenvalue weighted by Crippen LogP contribution is 2.39. The summed E-state index contributed by atoms with van der Waals surface area (Å²) in [6.07, 6.45) is 6.44. The van der Waals surface area contributed by atoms with E-state index in [-0.39, 0.29) is 78.0 Å². The van der Waals surface area contributed by atoms with Crippen LogP contribution < -0.4 is 26.6 Å². The number of allylic oxidation sites excluding steroid dienone is 1. The molecule has 384 valence electrons. The van der Waals surface area contributed by atoms with Gasteiger partial charge in [0.05, 0.1) is 40.2 Å².